The number of amides is 2. The molecule has 7 heteroatoms. The monoisotopic (exact) mass is 452 g/mol. The molecule has 5 rings (SSSR count). The molecule has 3 aliphatic rings. The Hall–Kier alpha value is -2.93. The number of hydrogen-bond acceptors (Lipinski definition) is 4. The maximum absolute atomic E-state index is 14.4. The average Bonchev–Trinajstić information content (AvgIpc) is 3.38. The summed E-state index contributed by atoms with van der Waals surface area (Å²) in [5.41, 5.74) is 1.07. The Morgan fingerprint density at radius 3 is 2.48 bits per heavy atom. The number of carbonyl (C=O) groups is 2. The summed E-state index contributed by atoms with van der Waals surface area (Å²) in [5.74, 6) is -0.275. The van der Waals surface area contributed by atoms with Crippen molar-refractivity contribution in [1.82, 2.24) is 4.90 Å². The van der Waals surface area contributed by atoms with Gasteiger partial charge >= 0.3 is 6.09 Å². The van der Waals surface area contributed by atoms with Crippen molar-refractivity contribution in [2.75, 3.05) is 37.7 Å². The molecule has 0 N–H and O–H groups in total. The Balaban J connectivity index is 1.34. The number of hydrogen-bond donors (Lipinski definition) is 0. The van der Waals surface area contributed by atoms with Gasteiger partial charge in [-0.25, -0.2) is 9.18 Å². The van der Waals surface area contributed by atoms with Crippen LogP contribution >= 0.6 is 0 Å². The molecule has 1 spiro atoms. The van der Waals surface area contributed by atoms with E-state index in [1.54, 1.807) is 23.1 Å². The third-order valence-electron chi connectivity index (χ3n) is 7.31. The molecule has 3 aliphatic heterocycles. The van der Waals surface area contributed by atoms with E-state index in [4.69, 9.17) is 9.47 Å². The third kappa shape index (κ3) is 4.10. The summed E-state index contributed by atoms with van der Waals surface area (Å²) in [6.07, 6.45) is 1.68. The quantitative estimate of drug-likeness (QED) is 0.701. The summed E-state index contributed by atoms with van der Waals surface area (Å²) in [5, 5.41) is 0. The second kappa shape index (κ2) is 8.45. The Morgan fingerprint density at radius 1 is 1.03 bits per heavy atom. The van der Waals surface area contributed by atoms with Crippen LogP contribution in [0, 0.1) is 18.2 Å². The molecular weight excluding hydrogens is 423 g/mol. The predicted molar refractivity (Wildman–Crippen MR) is 122 cm³/mol. The molecular formula is C26H29FN2O4. The fourth-order valence-electron chi connectivity index (χ4n) is 5.35. The highest BCUT2D eigenvalue weighted by Crippen LogP contribution is 2.41. The predicted octanol–water partition coefficient (Wildman–Crippen LogP) is 4.10. The van der Waals surface area contributed by atoms with Crippen LogP contribution in [0.2, 0.25) is 0 Å². The van der Waals surface area contributed by atoms with Crippen LogP contribution in [0.1, 0.15) is 30.4 Å². The second-order valence-electron chi connectivity index (χ2n) is 9.61. The Labute approximate surface area is 193 Å². The molecule has 0 aliphatic carbocycles. The maximum atomic E-state index is 14.4. The van der Waals surface area contributed by atoms with Crippen molar-refractivity contribution < 1.29 is 23.5 Å². The summed E-state index contributed by atoms with van der Waals surface area (Å²) >= 11 is 0. The van der Waals surface area contributed by atoms with Gasteiger partial charge < -0.3 is 14.4 Å². The van der Waals surface area contributed by atoms with Gasteiger partial charge in [-0.1, -0.05) is 35.9 Å². The van der Waals surface area contributed by atoms with Gasteiger partial charge in [0, 0.05) is 31.9 Å². The summed E-state index contributed by atoms with van der Waals surface area (Å²) in [6, 6.07) is 14.4. The van der Waals surface area contributed by atoms with Crippen molar-refractivity contribution >= 4 is 17.7 Å². The smallest absolute Gasteiger partial charge is 0.415 e. The number of ether oxygens (including phenoxy) is 2. The standard InChI is InChI=1S/C26H29FN2O4/c1-19-6-8-21(9-7-19)29-18-26(33-24(29)31)10-13-28(17-26)23(30)25(11-14-32-15-12-25)16-20-4-2-3-5-22(20)27/h2-9H,10-18H2,1H3/t26-/m1/s1. The Bertz CT molecular complexity index is 1050. The number of halogens is 1. The van der Waals surface area contributed by atoms with Crippen LogP contribution in [0.25, 0.3) is 0 Å². The lowest BCUT2D eigenvalue weighted by Gasteiger charge is -2.39. The molecule has 0 radical (unpaired) electrons. The molecule has 1 atom stereocenters. The number of carbonyl (C=O) groups excluding carboxylic acids is 2. The van der Waals surface area contributed by atoms with Crippen molar-refractivity contribution in [3.63, 3.8) is 0 Å². The number of anilines is 1. The second-order valence-corrected chi connectivity index (χ2v) is 9.61. The molecule has 0 aromatic heterocycles. The molecule has 2 amide bonds. The van der Waals surface area contributed by atoms with E-state index < -0.39 is 11.0 Å². The van der Waals surface area contributed by atoms with Gasteiger partial charge in [0.15, 0.2) is 5.60 Å². The first-order valence-corrected chi connectivity index (χ1v) is 11.6. The summed E-state index contributed by atoms with van der Waals surface area (Å²) in [4.78, 5) is 30.0. The summed E-state index contributed by atoms with van der Waals surface area (Å²) in [6.45, 7) is 4.27. The van der Waals surface area contributed by atoms with Gasteiger partial charge in [-0.05, 0) is 49.9 Å². The van der Waals surface area contributed by atoms with Gasteiger partial charge in [-0.15, -0.1) is 0 Å². The SMILES string of the molecule is Cc1ccc(N2C[C@]3(CCN(C(=O)C4(Cc5ccccc5F)CCOCC4)C3)OC2=O)cc1. The highest BCUT2D eigenvalue weighted by molar-refractivity contribution is 5.91. The molecule has 174 valence electrons. The minimum Gasteiger partial charge on any atom is -0.439 e. The van der Waals surface area contributed by atoms with E-state index in [1.165, 1.54) is 6.07 Å². The minimum absolute atomic E-state index is 0.00997. The number of likely N-dealkylation sites (tertiary alicyclic amines) is 1. The highest BCUT2D eigenvalue weighted by Gasteiger charge is 2.53. The molecule has 2 aromatic carbocycles. The average molecular weight is 453 g/mol. The largest absolute Gasteiger partial charge is 0.439 e. The normalized spacial score (nSPS) is 24.4. The lowest BCUT2D eigenvalue weighted by molar-refractivity contribution is -0.147. The van der Waals surface area contributed by atoms with Gasteiger partial charge in [-0.3, -0.25) is 9.69 Å². The van der Waals surface area contributed by atoms with E-state index in [-0.39, 0.29) is 17.8 Å². The Kier molecular flexibility index (Phi) is 5.60. The van der Waals surface area contributed by atoms with Crippen molar-refractivity contribution in [1.29, 1.82) is 0 Å². The van der Waals surface area contributed by atoms with Crippen molar-refractivity contribution in [2.24, 2.45) is 5.41 Å². The topological polar surface area (TPSA) is 59.1 Å². The van der Waals surface area contributed by atoms with Crippen LogP contribution in [0.5, 0.6) is 0 Å². The van der Waals surface area contributed by atoms with E-state index >= 15 is 0 Å². The first-order valence-electron chi connectivity index (χ1n) is 11.6. The molecule has 0 bridgehead atoms. The molecule has 0 saturated carbocycles. The van der Waals surface area contributed by atoms with E-state index in [0.29, 0.717) is 64.1 Å². The van der Waals surface area contributed by atoms with E-state index in [1.807, 2.05) is 36.1 Å². The zero-order valence-electron chi connectivity index (χ0n) is 18.9. The fourth-order valence-corrected chi connectivity index (χ4v) is 5.35. The van der Waals surface area contributed by atoms with Crippen LogP contribution in [0.4, 0.5) is 14.9 Å². The fraction of sp³-hybridized carbons (Fsp3) is 0.462. The zero-order chi connectivity index (χ0) is 23.1. The lowest BCUT2D eigenvalue weighted by atomic mass is 9.74. The number of benzene rings is 2. The van der Waals surface area contributed by atoms with Crippen LogP contribution < -0.4 is 4.90 Å². The molecule has 3 saturated heterocycles. The van der Waals surface area contributed by atoms with Gasteiger partial charge in [0.2, 0.25) is 5.91 Å². The highest BCUT2D eigenvalue weighted by atomic mass is 19.1. The van der Waals surface area contributed by atoms with Crippen molar-refractivity contribution in [2.45, 2.75) is 38.2 Å². The van der Waals surface area contributed by atoms with Gasteiger partial charge in [-0.2, -0.15) is 0 Å². The Morgan fingerprint density at radius 2 is 1.76 bits per heavy atom. The van der Waals surface area contributed by atoms with E-state index in [9.17, 15) is 14.0 Å². The van der Waals surface area contributed by atoms with E-state index in [2.05, 4.69) is 0 Å². The maximum Gasteiger partial charge on any atom is 0.415 e. The summed E-state index contributed by atoms with van der Waals surface area (Å²) in [7, 11) is 0. The third-order valence-corrected chi connectivity index (χ3v) is 7.31. The summed E-state index contributed by atoms with van der Waals surface area (Å²) < 4.78 is 25.8. The van der Waals surface area contributed by atoms with Crippen LogP contribution in [-0.2, 0) is 20.7 Å². The van der Waals surface area contributed by atoms with Crippen LogP contribution in [-0.4, -0.2) is 55.3 Å². The van der Waals surface area contributed by atoms with Crippen LogP contribution in [0.15, 0.2) is 48.5 Å². The first-order chi connectivity index (χ1) is 15.9. The van der Waals surface area contributed by atoms with Crippen molar-refractivity contribution in [3.05, 3.63) is 65.5 Å². The zero-order valence-corrected chi connectivity index (χ0v) is 18.9. The van der Waals surface area contributed by atoms with Gasteiger partial charge in [0.25, 0.3) is 0 Å². The molecule has 3 heterocycles. The molecule has 0 unspecified atom stereocenters. The van der Waals surface area contributed by atoms with Crippen molar-refractivity contribution in [3.8, 4) is 0 Å². The first kappa shape index (κ1) is 21.9. The van der Waals surface area contributed by atoms with Crippen LogP contribution in [0.3, 0.4) is 0 Å². The lowest BCUT2D eigenvalue weighted by Crippen LogP contribution is -2.49. The molecule has 33 heavy (non-hydrogen) atoms. The molecule has 3 fully saturated rings. The molecule has 6 nitrogen and oxygen atoms in total. The van der Waals surface area contributed by atoms with E-state index in [0.717, 1.165) is 11.3 Å². The number of rotatable bonds is 4. The molecule has 2 aromatic rings. The van der Waals surface area contributed by atoms with Gasteiger partial charge in [0.1, 0.15) is 5.82 Å². The minimum atomic E-state index is -0.706. The number of aryl methyl sites for hydroxylation is 1. The number of nitrogens with zero attached hydrogens (tertiary/aromatic N) is 2. The van der Waals surface area contributed by atoms with Gasteiger partial charge in [0.05, 0.1) is 18.5 Å².